The fraction of sp³-hybridized carbons (Fsp3) is 0.483. The Balaban J connectivity index is 1.39. The summed E-state index contributed by atoms with van der Waals surface area (Å²) in [5.74, 6) is 2.86. The van der Waals surface area contributed by atoms with Gasteiger partial charge in [0.1, 0.15) is 16.9 Å². The summed E-state index contributed by atoms with van der Waals surface area (Å²) in [6.45, 7) is 2.11. The van der Waals surface area contributed by atoms with Crippen LogP contribution >= 0.6 is 0 Å². The lowest BCUT2D eigenvalue weighted by Gasteiger charge is -2.27. The molecular formula is C29H34N6O3S. The van der Waals surface area contributed by atoms with Gasteiger partial charge < -0.3 is 24.5 Å². The summed E-state index contributed by atoms with van der Waals surface area (Å²) in [7, 11) is 0.640. The molecule has 3 aromatic heterocycles. The summed E-state index contributed by atoms with van der Waals surface area (Å²) in [4.78, 5) is 25.5. The number of pyridine rings is 1. The van der Waals surface area contributed by atoms with Gasteiger partial charge in [-0.3, -0.25) is 9.00 Å². The zero-order valence-corrected chi connectivity index (χ0v) is 23.2. The van der Waals surface area contributed by atoms with Crippen molar-refractivity contribution in [3.63, 3.8) is 0 Å². The van der Waals surface area contributed by atoms with Crippen LogP contribution in [-0.2, 0) is 23.9 Å². The summed E-state index contributed by atoms with van der Waals surface area (Å²) in [5.41, 5.74) is 10.4. The van der Waals surface area contributed by atoms with Gasteiger partial charge in [0, 0.05) is 71.7 Å². The van der Waals surface area contributed by atoms with E-state index in [0.717, 1.165) is 47.5 Å². The quantitative estimate of drug-likeness (QED) is 0.363. The number of hydrogen-bond donors (Lipinski definition) is 1. The second-order valence-electron chi connectivity index (χ2n) is 11.4. The highest BCUT2D eigenvalue weighted by molar-refractivity contribution is 7.84. The lowest BCUT2D eigenvalue weighted by atomic mass is 10.1. The number of carbonyl (C=O) groups excluding carboxylic acids is 1. The van der Waals surface area contributed by atoms with Crippen molar-refractivity contribution >= 4 is 38.8 Å². The van der Waals surface area contributed by atoms with Crippen LogP contribution in [0.4, 0.5) is 0 Å². The van der Waals surface area contributed by atoms with Gasteiger partial charge in [-0.1, -0.05) is 0 Å². The van der Waals surface area contributed by atoms with Crippen LogP contribution in [0.2, 0.25) is 0 Å². The first-order chi connectivity index (χ1) is 18.9. The topological polar surface area (TPSA) is 108 Å². The smallest absolute Gasteiger partial charge is 0.254 e. The van der Waals surface area contributed by atoms with Crippen molar-refractivity contribution in [2.45, 2.75) is 50.9 Å². The van der Waals surface area contributed by atoms with Gasteiger partial charge in [-0.05, 0) is 67.9 Å². The minimum absolute atomic E-state index is 0.0179. The number of carbonyl (C=O) groups is 1. The Hall–Kier alpha value is -3.24. The van der Waals surface area contributed by atoms with Crippen LogP contribution < -0.4 is 10.5 Å². The van der Waals surface area contributed by atoms with Gasteiger partial charge in [0.15, 0.2) is 5.82 Å². The van der Waals surface area contributed by atoms with Crippen molar-refractivity contribution in [3.05, 3.63) is 42.1 Å². The normalized spacial score (nSPS) is 23.3. The van der Waals surface area contributed by atoms with Crippen LogP contribution in [0, 0.1) is 11.8 Å². The molecule has 9 nitrogen and oxygen atoms in total. The number of amides is 1. The van der Waals surface area contributed by atoms with E-state index in [9.17, 15) is 9.00 Å². The average Bonchev–Trinajstić information content (AvgIpc) is 3.29. The zero-order chi connectivity index (χ0) is 26.8. The molecule has 7 rings (SSSR count). The molecule has 1 amide bonds. The van der Waals surface area contributed by atoms with Gasteiger partial charge in [-0.2, -0.15) is 0 Å². The zero-order valence-electron chi connectivity index (χ0n) is 22.4. The minimum Gasteiger partial charge on any atom is -0.494 e. The Morgan fingerprint density at radius 2 is 2.03 bits per heavy atom. The maximum atomic E-state index is 13.7. The molecule has 4 aromatic rings. The molecule has 3 aliphatic rings. The molecule has 4 heterocycles. The third-order valence-corrected chi connectivity index (χ3v) is 9.57. The number of aromatic nitrogens is 4. The number of nitrogens with two attached hydrogens (primary N) is 1. The SMILES string of the molecule is COc1cc(C(=O)N2C[C@H]3CC[C@@H]2[C@@H]3N)cc2nc(-c3cc4cccnc4n3CC3CC3)n(CC[S@@](C)=O)c12. The van der Waals surface area contributed by atoms with Gasteiger partial charge in [-0.15, -0.1) is 0 Å². The van der Waals surface area contributed by atoms with Gasteiger partial charge in [0.25, 0.3) is 5.91 Å². The van der Waals surface area contributed by atoms with Gasteiger partial charge in [0.2, 0.25) is 0 Å². The van der Waals surface area contributed by atoms with Crippen LogP contribution in [0.3, 0.4) is 0 Å². The summed E-state index contributed by atoms with van der Waals surface area (Å²) in [6.07, 6.45) is 8.04. The molecule has 1 saturated heterocycles. The summed E-state index contributed by atoms with van der Waals surface area (Å²) >= 11 is 0. The first kappa shape index (κ1) is 24.8. The summed E-state index contributed by atoms with van der Waals surface area (Å²) in [6, 6.07) is 10.0. The third-order valence-electron chi connectivity index (χ3n) is 8.81. The second kappa shape index (κ2) is 9.45. The molecule has 0 unspecified atom stereocenters. The van der Waals surface area contributed by atoms with Gasteiger partial charge >= 0.3 is 0 Å². The van der Waals surface area contributed by atoms with Crippen LogP contribution in [0.1, 0.15) is 36.0 Å². The van der Waals surface area contributed by atoms with Crippen LogP contribution in [-0.4, -0.2) is 71.9 Å². The number of hydrogen-bond acceptors (Lipinski definition) is 6. The minimum atomic E-state index is -0.985. The molecule has 1 aliphatic heterocycles. The summed E-state index contributed by atoms with van der Waals surface area (Å²) < 4.78 is 22.4. The molecule has 4 atom stereocenters. The maximum absolute atomic E-state index is 13.7. The Labute approximate surface area is 229 Å². The van der Waals surface area contributed by atoms with Crippen molar-refractivity contribution < 1.29 is 13.7 Å². The predicted molar refractivity (Wildman–Crippen MR) is 152 cm³/mol. The first-order valence-corrected chi connectivity index (χ1v) is 15.5. The Kier molecular flexibility index (Phi) is 6.00. The monoisotopic (exact) mass is 546 g/mol. The first-order valence-electron chi connectivity index (χ1n) is 13.8. The number of fused-ring (bicyclic) bond motifs is 4. The fourth-order valence-electron chi connectivity index (χ4n) is 6.61. The molecule has 3 fully saturated rings. The lowest BCUT2D eigenvalue weighted by Crippen LogP contribution is -2.41. The number of piperidine rings is 1. The highest BCUT2D eigenvalue weighted by atomic mass is 32.2. The van der Waals surface area contributed by atoms with E-state index in [4.69, 9.17) is 20.4 Å². The van der Waals surface area contributed by atoms with E-state index in [-0.39, 0.29) is 18.0 Å². The average molecular weight is 547 g/mol. The van der Waals surface area contributed by atoms with E-state index in [1.54, 1.807) is 13.4 Å². The van der Waals surface area contributed by atoms with Crippen LogP contribution in [0.5, 0.6) is 5.75 Å². The number of likely N-dealkylation sites (tertiary alicyclic amines) is 1. The molecular weight excluding hydrogens is 512 g/mol. The molecule has 2 N–H and O–H groups in total. The van der Waals surface area contributed by atoms with Crippen molar-refractivity contribution in [3.8, 4) is 17.3 Å². The van der Waals surface area contributed by atoms with E-state index in [0.29, 0.717) is 47.5 Å². The van der Waals surface area contributed by atoms with Crippen LogP contribution in [0.25, 0.3) is 33.6 Å². The fourth-order valence-corrected chi connectivity index (χ4v) is 7.05. The molecule has 39 heavy (non-hydrogen) atoms. The lowest BCUT2D eigenvalue weighted by molar-refractivity contribution is 0.0700. The van der Waals surface area contributed by atoms with E-state index in [2.05, 4.69) is 21.3 Å². The van der Waals surface area contributed by atoms with Gasteiger partial charge in [0.05, 0.1) is 18.3 Å². The molecule has 204 valence electrons. The van der Waals surface area contributed by atoms with Crippen molar-refractivity contribution in [2.75, 3.05) is 25.7 Å². The van der Waals surface area contributed by atoms with Gasteiger partial charge in [-0.25, -0.2) is 9.97 Å². The van der Waals surface area contributed by atoms with E-state index in [1.165, 1.54) is 12.8 Å². The van der Waals surface area contributed by atoms with E-state index >= 15 is 0 Å². The predicted octanol–water partition coefficient (Wildman–Crippen LogP) is 3.41. The molecule has 0 radical (unpaired) electrons. The highest BCUT2D eigenvalue weighted by Gasteiger charge is 2.47. The molecule has 10 heteroatoms. The number of rotatable bonds is 8. The molecule has 0 spiro atoms. The number of aryl methyl sites for hydroxylation is 1. The van der Waals surface area contributed by atoms with Crippen molar-refractivity contribution in [1.29, 1.82) is 0 Å². The third kappa shape index (κ3) is 4.15. The standard InChI is InChI=1S/C29H34N6O3S/c1-38-24-14-20(29(36)35-16-19-7-8-22(35)25(19)30)12-21-26(24)33(10-11-39(2)37)28(32-21)23-13-18-4-3-9-31-27(18)34(23)15-17-5-6-17/h3-4,9,12-14,17,19,22,25H,5-8,10-11,15-16,30H2,1-2H3/t19-,22-,25-,39-/m1/s1. The molecule has 1 aromatic carbocycles. The number of methoxy groups -OCH3 is 1. The summed E-state index contributed by atoms with van der Waals surface area (Å²) in [5, 5.41) is 1.06. The second-order valence-corrected chi connectivity index (χ2v) is 12.9. The molecule has 2 aliphatic carbocycles. The largest absolute Gasteiger partial charge is 0.494 e. The van der Waals surface area contributed by atoms with Crippen LogP contribution in [0.15, 0.2) is 36.5 Å². The Morgan fingerprint density at radius 1 is 1.18 bits per heavy atom. The van der Waals surface area contributed by atoms with E-state index in [1.807, 2.05) is 29.3 Å². The number of benzene rings is 1. The Bertz CT molecular complexity index is 1620. The maximum Gasteiger partial charge on any atom is 0.254 e. The molecule has 2 saturated carbocycles. The van der Waals surface area contributed by atoms with E-state index < -0.39 is 10.8 Å². The highest BCUT2D eigenvalue weighted by Crippen LogP contribution is 2.40. The number of nitrogens with zero attached hydrogens (tertiary/aromatic N) is 5. The Morgan fingerprint density at radius 3 is 2.72 bits per heavy atom. The number of ether oxygens (including phenoxy) is 1. The number of imidazole rings is 1. The van der Waals surface area contributed by atoms with Crippen molar-refractivity contribution in [2.24, 2.45) is 17.6 Å². The van der Waals surface area contributed by atoms with Crippen molar-refractivity contribution in [1.82, 2.24) is 24.0 Å². The molecule has 2 bridgehead atoms.